The number of nitrogens with one attached hydrogen (secondary N) is 1. The number of para-hydroxylation sites is 1. The molecule has 3 heterocycles. The molecule has 1 N–H and O–H groups in total. The maximum absolute atomic E-state index is 13.2. The summed E-state index contributed by atoms with van der Waals surface area (Å²) in [4.78, 5) is 17.7. The molecule has 1 aromatic carbocycles. The molecule has 142 valence electrons. The molecule has 0 aliphatic heterocycles. The lowest BCUT2D eigenvalue weighted by molar-refractivity contribution is 0.102. The first-order valence-electron chi connectivity index (χ1n) is 9.10. The van der Waals surface area contributed by atoms with E-state index in [2.05, 4.69) is 20.5 Å². The van der Waals surface area contributed by atoms with Crippen LogP contribution < -0.4 is 5.32 Å². The van der Waals surface area contributed by atoms with E-state index in [-0.39, 0.29) is 5.91 Å². The first-order chi connectivity index (χ1) is 13.4. The van der Waals surface area contributed by atoms with Crippen molar-refractivity contribution in [3.63, 3.8) is 0 Å². The average Bonchev–Trinajstić information content (AvgIpc) is 3.11. The molecule has 0 fully saturated rings. The second kappa shape index (κ2) is 6.60. The fourth-order valence-electron chi connectivity index (χ4n) is 3.57. The zero-order valence-electron chi connectivity index (χ0n) is 16.6. The Morgan fingerprint density at radius 2 is 1.71 bits per heavy atom. The van der Waals surface area contributed by atoms with Gasteiger partial charge in [-0.25, -0.2) is 9.67 Å². The second-order valence-corrected chi connectivity index (χ2v) is 6.97. The third-order valence-corrected chi connectivity index (χ3v) is 4.87. The Hall–Kier alpha value is -3.48. The van der Waals surface area contributed by atoms with Gasteiger partial charge in [-0.2, -0.15) is 10.2 Å². The van der Waals surface area contributed by atoms with Crippen LogP contribution in [0.3, 0.4) is 0 Å². The number of nitrogens with zero attached hydrogens (tertiary/aromatic N) is 5. The normalized spacial score (nSPS) is 11.2. The van der Waals surface area contributed by atoms with E-state index < -0.39 is 0 Å². The van der Waals surface area contributed by atoms with Crippen LogP contribution in [0.1, 0.15) is 33.1 Å². The van der Waals surface area contributed by atoms with Crippen LogP contribution in [0.25, 0.3) is 16.7 Å². The number of hydrogen-bond acceptors (Lipinski definition) is 4. The fraction of sp³-hybridized carbons (Fsp3) is 0.238. The van der Waals surface area contributed by atoms with Crippen LogP contribution in [-0.2, 0) is 7.05 Å². The van der Waals surface area contributed by atoms with Gasteiger partial charge in [-0.3, -0.25) is 9.48 Å². The van der Waals surface area contributed by atoms with Gasteiger partial charge < -0.3 is 5.32 Å². The Morgan fingerprint density at radius 1 is 1.00 bits per heavy atom. The van der Waals surface area contributed by atoms with Crippen molar-refractivity contribution in [2.75, 3.05) is 5.32 Å². The highest BCUT2D eigenvalue weighted by atomic mass is 16.1. The lowest BCUT2D eigenvalue weighted by Crippen LogP contribution is -2.14. The fourth-order valence-corrected chi connectivity index (χ4v) is 3.57. The number of hydrogen-bond donors (Lipinski definition) is 1. The third kappa shape index (κ3) is 2.85. The van der Waals surface area contributed by atoms with Crippen molar-refractivity contribution in [2.45, 2.75) is 27.7 Å². The first-order valence-corrected chi connectivity index (χ1v) is 9.10. The number of rotatable bonds is 3. The summed E-state index contributed by atoms with van der Waals surface area (Å²) in [5.41, 5.74) is 6.14. The summed E-state index contributed by atoms with van der Waals surface area (Å²) < 4.78 is 3.55. The first kappa shape index (κ1) is 17.9. The monoisotopic (exact) mass is 374 g/mol. The Morgan fingerprint density at radius 3 is 2.43 bits per heavy atom. The molecule has 7 nitrogen and oxygen atoms in total. The molecule has 4 aromatic rings. The number of anilines is 1. The minimum atomic E-state index is -0.189. The molecular formula is C21H22N6O. The topological polar surface area (TPSA) is 77.6 Å². The van der Waals surface area contributed by atoms with Crippen LogP contribution in [-0.4, -0.2) is 30.5 Å². The number of fused-ring (bicyclic) bond motifs is 1. The zero-order valence-corrected chi connectivity index (χ0v) is 16.6. The largest absolute Gasteiger partial charge is 0.319 e. The summed E-state index contributed by atoms with van der Waals surface area (Å²) in [7, 11) is 1.83. The summed E-state index contributed by atoms with van der Waals surface area (Å²) >= 11 is 0. The van der Waals surface area contributed by atoms with Gasteiger partial charge in [-0.15, -0.1) is 0 Å². The molecule has 0 aliphatic rings. The number of aromatic nitrogens is 5. The molecule has 0 spiro atoms. The van der Waals surface area contributed by atoms with Gasteiger partial charge in [0, 0.05) is 12.7 Å². The van der Waals surface area contributed by atoms with Crippen molar-refractivity contribution in [2.24, 2.45) is 7.05 Å². The van der Waals surface area contributed by atoms with Crippen LogP contribution >= 0.6 is 0 Å². The number of pyridine rings is 1. The van der Waals surface area contributed by atoms with Gasteiger partial charge in [0.15, 0.2) is 5.65 Å². The lowest BCUT2D eigenvalue weighted by Gasteiger charge is -2.09. The van der Waals surface area contributed by atoms with Crippen LogP contribution in [0.4, 0.5) is 5.69 Å². The molecule has 0 atom stereocenters. The van der Waals surface area contributed by atoms with E-state index in [0.29, 0.717) is 11.2 Å². The lowest BCUT2D eigenvalue weighted by atomic mass is 10.1. The van der Waals surface area contributed by atoms with E-state index in [9.17, 15) is 4.79 Å². The van der Waals surface area contributed by atoms with Gasteiger partial charge >= 0.3 is 0 Å². The minimum absolute atomic E-state index is 0.189. The predicted molar refractivity (Wildman–Crippen MR) is 109 cm³/mol. The molecule has 4 rings (SSSR count). The Bertz CT molecular complexity index is 1200. The number of benzene rings is 1. The van der Waals surface area contributed by atoms with Crippen molar-refractivity contribution in [1.29, 1.82) is 0 Å². The standard InChI is InChI=1S/C21H22N6O/c1-12-11-17(18-13(2)24-26(5)20(18)22-12)21(28)23-19-14(3)25-27(15(19)4)16-9-7-6-8-10-16/h6-11H,1-5H3,(H,23,28). The van der Waals surface area contributed by atoms with Gasteiger partial charge in [-0.1, -0.05) is 18.2 Å². The molecule has 0 radical (unpaired) electrons. The summed E-state index contributed by atoms with van der Waals surface area (Å²) in [5, 5.41) is 12.8. The molecule has 1 amide bonds. The van der Waals surface area contributed by atoms with E-state index in [4.69, 9.17) is 0 Å². The quantitative estimate of drug-likeness (QED) is 0.594. The SMILES string of the molecule is Cc1cc(C(=O)Nc2c(C)nn(-c3ccccc3)c2C)c2c(C)nn(C)c2n1. The summed E-state index contributed by atoms with van der Waals surface area (Å²) in [5.74, 6) is -0.189. The summed E-state index contributed by atoms with van der Waals surface area (Å²) in [6.45, 7) is 7.61. The Kier molecular flexibility index (Phi) is 4.22. The summed E-state index contributed by atoms with van der Waals surface area (Å²) in [6, 6.07) is 11.7. The second-order valence-electron chi connectivity index (χ2n) is 6.97. The van der Waals surface area contributed by atoms with Gasteiger partial charge in [-0.05, 0) is 45.9 Å². The Labute approximate surface area is 163 Å². The van der Waals surface area contributed by atoms with Gasteiger partial charge in [0.05, 0.1) is 39.4 Å². The van der Waals surface area contributed by atoms with Crippen LogP contribution in [0.15, 0.2) is 36.4 Å². The molecule has 0 unspecified atom stereocenters. The van der Waals surface area contributed by atoms with Crippen molar-refractivity contribution in [3.05, 3.63) is 64.7 Å². The molecule has 28 heavy (non-hydrogen) atoms. The highest BCUT2D eigenvalue weighted by Crippen LogP contribution is 2.26. The number of carbonyl (C=O) groups excluding carboxylic acids is 1. The van der Waals surface area contributed by atoms with Crippen molar-refractivity contribution >= 4 is 22.6 Å². The highest BCUT2D eigenvalue weighted by Gasteiger charge is 2.21. The Balaban J connectivity index is 1.76. The van der Waals surface area contributed by atoms with Crippen LogP contribution in [0.2, 0.25) is 0 Å². The van der Waals surface area contributed by atoms with E-state index in [1.807, 2.05) is 69.8 Å². The van der Waals surface area contributed by atoms with Crippen molar-refractivity contribution < 1.29 is 4.79 Å². The van der Waals surface area contributed by atoms with E-state index in [0.717, 1.165) is 39.5 Å². The number of aryl methyl sites for hydroxylation is 4. The average molecular weight is 374 g/mol. The van der Waals surface area contributed by atoms with Crippen molar-refractivity contribution in [1.82, 2.24) is 24.5 Å². The summed E-state index contributed by atoms with van der Waals surface area (Å²) in [6.07, 6.45) is 0. The van der Waals surface area contributed by atoms with Gasteiger partial charge in [0.25, 0.3) is 5.91 Å². The maximum Gasteiger partial charge on any atom is 0.256 e. The molecule has 0 saturated carbocycles. The van der Waals surface area contributed by atoms with E-state index in [1.165, 1.54) is 0 Å². The zero-order chi connectivity index (χ0) is 20.0. The molecule has 3 aromatic heterocycles. The third-order valence-electron chi connectivity index (χ3n) is 4.87. The van der Waals surface area contributed by atoms with Crippen LogP contribution in [0.5, 0.6) is 0 Å². The van der Waals surface area contributed by atoms with E-state index >= 15 is 0 Å². The smallest absolute Gasteiger partial charge is 0.256 e. The molecule has 0 saturated heterocycles. The predicted octanol–water partition coefficient (Wildman–Crippen LogP) is 3.64. The van der Waals surface area contributed by atoms with E-state index in [1.54, 1.807) is 10.7 Å². The van der Waals surface area contributed by atoms with Crippen molar-refractivity contribution in [3.8, 4) is 5.69 Å². The molecule has 0 aliphatic carbocycles. The van der Waals surface area contributed by atoms with Gasteiger partial charge in [0.1, 0.15) is 0 Å². The molecule has 7 heteroatoms. The van der Waals surface area contributed by atoms with Gasteiger partial charge in [0.2, 0.25) is 0 Å². The highest BCUT2D eigenvalue weighted by molar-refractivity contribution is 6.13. The number of carbonyl (C=O) groups is 1. The molecular weight excluding hydrogens is 352 g/mol. The number of amides is 1. The molecule has 0 bridgehead atoms. The minimum Gasteiger partial charge on any atom is -0.319 e. The van der Waals surface area contributed by atoms with Crippen LogP contribution in [0, 0.1) is 27.7 Å². The maximum atomic E-state index is 13.2.